The molecular weight excluding hydrogens is 700 g/mol. The molecule has 0 saturated heterocycles. The molecule has 0 radical (unpaired) electrons. The monoisotopic (exact) mass is 783 g/mol. The van der Waals surface area contributed by atoms with Crippen molar-refractivity contribution in [2.75, 3.05) is 47.5 Å². The van der Waals surface area contributed by atoms with Gasteiger partial charge in [0.1, 0.15) is 19.8 Å². The van der Waals surface area contributed by atoms with Crippen molar-refractivity contribution in [2.24, 2.45) is 5.92 Å². The Labute approximate surface area is 349 Å². The number of ether oxygens (including phenoxy) is 2. The van der Waals surface area contributed by atoms with Gasteiger partial charge in [-0.2, -0.15) is 0 Å². The minimum Gasteiger partial charge on any atom is -0.756 e. The van der Waals surface area contributed by atoms with Gasteiger partial charge in [0.2, 0.25) is 0 Å². The van der Waals surface area contributed by atoms with E-state index >= 15 is 0 Å². The second-order valence-electron chi connectivity index (χ2n) is 15.9. The number of quaternary nitrogens is 1. The van der Waals surface area contributed by atoms with Crippen LogP contribution >= 0.6 is 7.82 Å². The second kappa shape index (κ2) is 37.3. The first kappa shape index (κ1) is 54.8. The largest absolute Gasteiger partial charge is 1.00 e. The maximum absolute atomic E-state index is 12.8. The molecule has 0 saturated carbocycles. The van der Waals surface area contributed by atoms with Crippen LogP contribution in [0, 0.1) is 5.92 Å². The smallest absolute Gasteiger partial charge is 0.756 e. The van der Waals surface area contributed by atoms with Gasteiger partial charge >= 0.3 is 41.5 Å². The molecule has 11 heteroatoms. The van der Waals surface area contributed by atoms with Crippen LogP contribution in [0.4, 0.5) is 0 Å². The molecule has 0 aliphatic carbocycles. The molecule has 0 spiro atoms. The molecule has 3 atom stereocenters. The van der Waals surface area contributed by atoms with Crippen molar-refractivity contribution in [1.82, 2.24) is 0 Å². The normalized spacial score (nSPS) is 14.1. The van der Waals surface area contributed by atoms with Gasteiger partial charge in [-0.25, -0.2) is 0 Å². The second-order valence-corrected chi connectivity index (χ2v) is 17.3. The molecule has 0 N–H and O–H groups in total. The minimum atomic E-state index is -4.63. The summed E-state index contributed by atoms with van der Waals surface area (Å²) in [6.45, 7) is 6.04. The maximum atomic E-state index is 12.8. The van der Waals surface area contributed by atoms with Crippen LogP contribution in [-0.4, -0.2) is 70.0 Å². The van der Waals surface area contributed by atoms with Gasteiger partial charge in [0.25, 0.3) is 7.82 Å². The number of nitrogens with zero attached hydrogens (tertiary/aromatic N) is 1. The van der Waals surface area contributed by atoms with E-state index in [1.165, 1.54) is 103 Å². The van der Waals surface area contributed by atoms with Crippen molar-refractivity contribution in [3.63, 3.8) is 0 Å². The van der Waals surface area contributed by atoms with Crippen LogP contribution in [0.1, 0.15) is 188 Å². The van der Waals surface area contributed by atoms with Gasteiger partial charge in [0.05, 0.1) is 33.7 Å². The summed E-state index contributed by atoms with van der Waals surface area (Å²) in [6.07, 6.45) is 33.3. The van der Waals surface area contributed by atoms with Crippen LogP contribution < -0.4 is 34.5 Å². The fourth-order valence-electron chi connectivity index (χ4n) is 5.89. The Morgan fingerprint density at radius 2 is 1.11 bits per heavy atom. The first-order valence-corrected chi connectivity index (χ1v) is 22.8. The standard InChI is InChI=1S/C42H82NO8P.Na/c1-7-9-11-13-15-17-19-20-21-22-24-26-28-30-32-34-41(44)51-40(38-50-52(46,47)49-36-35-43(4,5)6)37-48-42(45)39(3)33-31-29-27-25-23-18-16-14-12-10-8-2;/h20-21,39-40H,7-19,22-38H2,1-6H3;/q;+1/b21-20+;. The zero-order valence-corrected chi connectivity index (χ0v) is 38.6. The molecule has 0 aromatic carbocycles. The van der Waals surface area contributed by atoms with E-state index in [-0.39, 0.29) is 61.1 Å². The molecule has 0 bridgehead atoms. The Morgan fingerprint density at radius 3 is 1.60 bits per heavy atom. The Bertz CT molecular complexity index is 929. The van der Waals surface area contributed by atoms with Crippen molar-refractivity contribution in [2.45, 2.75) is 194 Å². The number of likely N-dealkylation sites (N-methyl/N-ethyl adjacent to an activating group) is 1. The van der Waals surface area contributed by atoms with Gasteiger partial charge in [0.15, 0.2) is 6.10 Å². The number of esters is 2. The quantitative estimate of drug-likeness (QED) is 0.0155. The molecule has 9 nitrogen and oxygen atoms in total. The number of allylic oxidation sites excluding steroid dienone is 2. The third kappa shape index (κ3) is 39.8. The number of rotatable bonds is 38. The molecule has 0 fully saturated rings. The Kier molecular flexibility index (Phi) is 38.6. The molecular formula is C42H82NNaO8P+. The Balaban J connectivity index is 0. The van der Waals surface area contributed by atoms with Crippen LogP contribution in [-0.2, 0) is 32.7 Å². The molecule has 0 rings (SSSR count). The molecule has 53 heavy (non-hydrogen) atoms. The molecule has 0 aliphatic rings. The fourth-order valence-corrected chi connectivity index (χ4v) is 6.62. The molecule has 0 heterocycles. The summed E-state index contributed by atoms with van der Waals surface area (Å²) < 4.78 is 34.1. The van der Waals surface area contributed by atoms with Gasteiger partial charge in [-0.3, -0.25) is 14.2 Å². The molecule has 0 aliphatic heterocycles. The maximum Gasteiger partial charge on any atom is 1.00 e. The number of carbonyl (C=O) groups is 2. The van der Waals surface area contributed by atoms with E-state index in [4.69, 9.17) is 18.5 Å². The van der Waals surface area contributed by atoms with Gasteiger partial charge in [-0.15, -0.1) is 0 Å². The van der Waals surface area contributed by atoms with Crippen molar-refractivity contribution < 1.29 is 71.6 Å². The summed E-state index contributed by atoms with van der Waals surface area (Å²) in [5.74, 6) is -1.13. The molecule has 308 valence electrons. The number of phosphoric ester groups is 1. The summed E-state index contributed by atoms with van der Waals surface area (Å²) in [7, 11) is 1.16. The Morgan fingerprint density at radius 1 is 0.660 bits per heavy atom. The minimum absolute atomic E-state index is 0. The van der Waals surface area contributed by atoms with E-state index in [0.717, 1.165) is 51.4 Å². The molecule has 0 aromatic heterocycles. The number of phosphoric acid groups is 1. The first-order valence-electron chi connectivity index (χ1n) is 21.3. The molecule has 0 aromatic rings. The van der Waals surface area contributed by atoms with E-state index in [1.54, 1.807) is 0 Å². The third-order valence-corrected chi connectivity index (χ3v) is 10.4. The van der Waals surface area contributed by atoms with E-state index in [0.29, 0.717) is 17.4 Å². The van der Waals surface area contributed by atoms with E-state index in [2.05, 4.69) is 26.0 Å². The van der Waals surface area contributed by atoms with Crippen LogP contribution in [0.25, 0.3) is 0 Å². The van der Waals surface area contributed by atoms with Gasteiger partial charge < -0.3 is 27.9 Å². The van der Waals surface area contributed by atoms with Crippen LogP contribution in [0.5, 0.6) is 0 Å². The third-order valence-electron chi connectivity index (χ3n) is 9.43. The van der Waals surface area contributed by atoms with E-state index < -0.39 is 26.5 Å². The van der Waals surface area contributed by atoms with Gasteiger partial charge in [0, 0.05) is 6.42 Å². The fraction of sp³-hybridized carbons (Fsp3) is 0.905. The van der Waals surface area contributed by atoms with Crippen molar-refractivity contribution in [3.05, 3.63) is 12.2 Å². The summed E-state index contributed by atoms with van der Waals surface area (Å²) in [5.41, 5.74) is 0. The van der Waals surface area contributed by atoms with Crippen molar-refractivity contribution in [3.8, 4) is 0 Å². The van der Waals surface area contributed by atoms with Crippen molar-refractivity contribution >= 4 is 19.8 Å². The van der Waals surface area contributed by atoms with Gasteiger partial charge in [-0.1, -0.05) is 155 Å². The molecule has 0 amide bonds. The Hall–Kier alpha value is -0.250. The summed E-state index contributed by atoms with van der Waals surface area (Å²) in [4.78, 5) is 37.8. The number of hydrogen-bond donors (Lipinski definition) is 0. The average Bonchev–Trinajstić information content (AvgIpc) is 3.09. The summed E-state index contributed by atoms with van der Waals surface area (Å²) >= 11 is 0. The zero-order valence-electron chi connectivity index (χ0n) is 35.7. The van der Waals surface area contributed by atoms with Crippen LogP contribution in [0.3, 0.4) is 0 Å². The zero-order chi connectivity index (χ0) is 38.8. The predicted molar refractivity (Wildman–Crippen MR) is 213 cm³/mol. The average molecular weight is 783 g/mol. The molecule has 3 unspecified atom stereocenters. The topological polar surface area (TPSA) is 111 Å². The van der Waals surface area contributed by atoms with Crippen LogP contribution in [0.15, 0.2) is 12.2 Å². The number of hydrogen-bond acceptors (Lipinski definition) is 8. The van der Waals surface area contributed by atoms with Crippen LogP contribution in [0.2, 0.25) is 0 Å². The van der Waals surface area contributed by atoms with E-state index in [1.807, 2.05) is 28.1 Å². The first-order chi connectivity index (χ1) is 24.9. The predicted octanol–water partition coefficient (Wildman–Crippen LogP) is 8.03. The number of carbonyl (C=O) groups excluding carboxylic acids is 2. The number of unbranched alkanes of at least 4 members (excludes halogenated alkanes) is 21. The van der Waals surface area contributed by atoms with Crippen molar-refractivity contribution in [1.29, 1.82) is 0 Å². The van der Waals surface area contributed by atoms with Gasteiger partial charge in [-0.05, 0) is 38.5 Å². The summed E-state index contributed by atoms with van der Waals surface area (Å²) in [5, 5.41) is 0. The SMILES string of the molecule is CCCCCCCC/C=C/CCCCCCCC(=O)OC(COC(=O)C(C)CCCCCCCCCCCCC)COP(=O)([O-])OCC[N+](C)(C)C.[Na+]. The van der Waals surface area contributed by atoms with E-state index in [9.17, 15) is 19.0 Å². The summed E-state index contributed by atoms with van der Waals surface area (Å²) in [6, 6.07) is 0.